The highest BCUT2D eigenvalue weighted by atomic mass is 35.7. The lowest BCUT2D eigenvalue weighted by molar-refractivity contribution is 0.0636. The van der Waals surface area contributed by atoms with E-state index in [0.717, 1.165) is 25.7 Å². The summed E-state index contributed by atoms with van der Waals surface area (Å²) in [6.45, 7) is 0. The SMILES string of the molecule is O=S(=O)(Cl)C1(C2CCCCC2O)CC1. The molecule has 2 aliphatic carbocycles. The lowest BCUT2D eigenvalue weighted by Gasteiger charge is -2.32. The molecule has 0 radical (unpaired) electrons. The van der Waals surface area contributed by atoms with Crippen LogP contribution in [0.5, 0.6) is 0 Å². The summed E-state index contributed by atoms with van der Waals surface area (Å²) in [6, 6.07) is 0. The molecule has 0 saturated heterocycles. The maximum absolute atomic E-state index is 11.4. The highest BCUT2D eigenvalue weighted by Crippen LogP contribution is 2.55. The van der Waals surface area contributed by atoms with E-state index in [2.05, 4.69) is 0 Å². The van der Waals surface area contributed by atoms with Crippen LogP contribution in [-0.4, -0.2) is 24.4 Å². The summed E-state index contributed by atoms with van der Waals surface area (Å²) < 4.78 is 22.0. The smallest absolute Gasteiger partial charge is 0.238 e. The molecule has 2 saturated carbocycles. The molecule has 2 unspecified atom stereocenters. The summed E-state index contributed by atoms with van der Waals surface area (Å²) in [5.74, 6) is -0.126. The average Bonchev–Trinajstić information content (AvgIpc) is 2.84. The minimum Gasteiger partial charge on any atom is -0.393 e. The first-order valence-electron chi connectivity index (χ1n) is 5.10. The number of aliphatic hydroxyl groups excluding tert-OH is 1. The van der Waals surface area contributed by atoms with Crippen LogP contribution < -0.4 is 0 Å². The Kier molecular flexibility index (Phi) is 2.57. The van der Waals surface area contributed by atoms with Gasteiger partial charge in [-0.05, 0) is 25.7 Å². The Bertz CT molecular complexity index is 321. The van der Waals surface area contributed by atoms with Crippen molar-refractivity contribution in [1.82, 2.24) is 0 Å². The Balaban J connectivity index is 2.22. The highest BCUT2D eigenvalue weighted by Gasteiger charge is 2.60. The van der Waals surface area contributed by atoms with Gasteiger partial charge in [0.1, 0.15) is 0 Å². The van der Waals surface area contributed by atoms with Crippen LogP contribution in [0.2, 0.25) is 0 Å². The van der Waals surface area contributed by atoms with Crippen LogP contribution in [0.15, 0.2) is 0 Å². The maximum atomic E-state index is 11.4. The van der Waals surface area contributed by atoms with Gasteiger partial charge in [0.25, 0.3) is 0 Å². The van der Waals surface area contributed by atoms with Gasteiger partial charge < -0.3 is 5.11 Å². The van der Waals surface area contributed by atoms with Crippen molar-refractivity contribution in [2.75, 3.05) is 0 Å². The molecule has 14 heavy (non-hydrogen) atoms. The largest absolute Gasteiger partial charge is 0.393 e. The van der Waals surface area contributed by atoms with Crippen LogP contribution in [0.1, 0.15) is 38.5 Å². The van der Waals surface area contributed by atoms with Crippen LogP contribution in [0.3, 0.4) is 0 Å². The van der Waals surface area contributed by atoms with Gasteiger partial charge in [0.05, 0.1) is 10.9 Å². The Labute approximate surface area is 88.9 Å². The Morgan fingerprint density at radius 2 is 1.79 bits per heavy atom. The van der Waals surface area contributed by atoms with E-state index in [1.165, 1.54) is 0 Å². The predicted octanol–water partition coefficient (Wildman–Crippen LogP) is 1.64. The molecule has 2 rings (SSSR count). The van der Waals surface area contributed by atoms with E-state index >= 15 is 0 Å². The lowest BCUT2D eigenvalue weighted by Crippen LogP contribution is -2.39. The van der Waals surface area contributed by atoms with Crippen LogP contribution in [0.25, 0.3) is 0 Å². The first-order valence-corrected chi connectivity index (χ1v) is 7.40. The zero-order valence-corrected chi connectivity index (χ0v) is 9.52. The number of aliphatic hydroxyl groups is 1. The second kappa shape index (κ2) is 3.35. The molecule has 0 aliphatic heterocycles. The number of rotatable bonds is 2. The zero-order valence-electron chi connectivity index (χ0n) is 7.95. The van der Waals surface area contributed by atoms with E-state index in [1.807, 2.05) is 0 Å². The van der Waals surface area contributed by atoms with E-state index in [1.54, 1.807) is 0 Å². The molecule has 0 amide bonds. The molecule has 0 bridgehead atoms. The molecular formula is C9H15ClO3S. The Morgan fingerprint density at radius 1 is 1.21 bits per heavy atom. The Morgan fingerprint density at radius 3 is 2.21 bits per heavy atom. The molecule has 0 heterocycles. The van der Waals surface area contributed by atoms with Crippen molar-refractivity contribution in [3.05, 3.63) is 0 Å². The first kappa shape index (κ1) is 10.7. The fraction of sp³-hybridized carbons (Fsp3) is 1.00. The predicted molar refractivity (Wildman–Crippen MR) is 54.7 cm³/mol. The third kappa shape index (κ3) is 1.57. The van der Waals surface area contributed by atoms with Gasteiger partial charge in [-0.2, -0.15) is 0 Å². The zero-order chi connectivity index (χ0) is 10.4. The summed E-state index contributed by atoms with van der Waals surface area (Å²) >= 11 is 0. The molecule has 0 aromatic heterocycles. The van der Waals surface area contributed by atoms with Gasteiger partial charge in [0, 0.05) is 16.6 Å². The lowest BCUT2D eigenvalue weighted by atomic mass is 9.83. The summed E-state index contributed by atoms with van der Waals surface area (Å²) in [4.78, 5) is 0. The van der Waals surface area contributed by atoms with Gasteiger partial charge in [-0.25, -0.2) is 8.42 Å². The fourth-order valence-corrected chi connectivity index (χ4v) is 4.68. The van der Waals surface area contributed by atoms with Crippen molar-refractivity contribution < 1.29 is 13.5 Å². The molecule has 2 fully saturated rings. The molecule has 5 heteroatoms. The van der Waals surface area contributed by atoms with E-state index in [9.17, 15) is 13.5 Å². The Hall–Kier alpha value is 0.200. The van der Waals surface area contributed by atoms with Crippen molar-refractivity contribution in [1.29, 1.82) is 0 Å². The molecule has 1 N–H and O–H groups in total. The van der Waals surface area contributed by atoms with Gasteiger partial charge in [0.15, 0.2) is 0 Å². The summed E-state index contributed by atoms with van der Waals surface area (Å²) in [5, 5.41) is 9.78. The van der Waals surface area contributed by atoms with E-state index in [-0.39, 0.29) is 5.92 Å². The molecule has 2 aliphatic rings. The molecular weight excluding hydrogens is 224 g/mol. The maximum Gasteiger partial charge on any atom is 0.238 e. The first-order chi connectivity index (χ1) is 6.47. The standard InChI is InChI=1S/C9H15ClO3S/c10-14(12,13)9(5-6-9)7-3-1-2-4-8(7)11/h7-8,11H,1-6H2. The summed E-state index contributed by atoms with van der Waals surface area (Å²) in [7, 11) is 1.94. The van der Waals surface area contributed by atoms with Crippen LogP contribution in [0, 0.1) is 5.92 Å². The minimum atomic E-state index is -3.51. The van der Waals surface area contributed by atoms with Crippen LogP contribution >= 0.6 is 10.7 Å². The summed E-state index contributed by atoms with van der Waals surface area (Å²) in [5.41, 5.74) is 0. The number of hydrogen-bond acceptors (Lipinski definition) is 3. The third-order valence-electron chi connectivity index (χ3n) is 3.63. The minimum absolute atomic E-state index is 0.126. The summed E-state index contributed by atoms with van der Waals surface area (Å²) in [6.07, 6.45) is 4.30. The fourth-order valence-electron chi connectivity index (χ4n) is 2.64. The van der Waals surface area contributed by atoms with Crippen LogP contribution in [-0.2, 0) is 9.05 Å². The molecule has 2 atom stereocenters. The van der Waals surface area contributed by atoms with E-state index in [0.29, 0.717) is 12.8 Å². The topological polar surface area (TPSA) is 54.4 Å². The molecule has 0 aromatic rings. The van der Waals surface area contributed by atoms with Gasteiger partial charge in [-0.15, -0.1) is 0 Å². The van der Waals surface area contributed by atoms with Gasteiger partial charge in [0.2, 0.25) is 9.05 Å². The van der Waals surface area contributed by atoms with Crippen molar-refractivity contribution in [3.8, 4) is 0 Å². The second-order valence-corrected chi connectivity index (χ2v) is 7.37. The number of halogens is 1. The van der Waals surface area contributed by atoms with Crippen molar-refractivity contribution in [2.24, 2.45) is 5.92 Å². The second-order valence-electron chi connectivity index (χ2n) is 4.46. The van der Waals surface area contributed by atoms with Crippen molar-refractivity contribution >= 4 is 19.7 Å². The molecule has 0 spiro atoms. The van der Waals surface area contributed by atoms with Crippen molar-refractivity contribution in [3.63, 3.8) is 0 Å². The monoisotopic (exact) mass is 238 g/mol. The molecule has 82 valence electrons. The van der Waals surface area contributed by atoms with Gasteiger partial charge >= 0.3 is 0 Å². The van der Waals surface area contributed by atoms with Crippen LogP contribution in [0.4, 0.5) is 0 Å². The quantitative estimate of drug-likeness (QED) is 0.745. The van der Waals surface area contributed by atoms with E-state index in [4.69, 9.17) is 10.7 Å². The van der Waals surface area contributed by atoms with Gasteiger partial charge in [-0.3, -0.25) is 0 Å². The van der Waals surface area contributed by atoms with Gasteiger partial charge in [-0.1, -0.05) is 12.8 Å². The molecule has 3 nitrogen and oxygen atoms in total. The van der Waals surface area contributed by atoms with E-state index < -0.39 is 19.9 Å². The number of hydrogen-bond donors (Lipinski definition) is 1. The molecule has 0 aromatic carbocycles. The highest BCUT2D eigenvalue weighted by molar-refractivity contribution is 8.15. The average molecular weight is 239 g/mol. The van der Waals surface area contributed by atoms with Crippen molar-refractivity contribution in [2.45, 2.75) is 49.4 Å². The normalized spacial score (nSPS) is 36.7. The third-order valence-corrected chi connectivity index (χ3v) is 6.24.